The fourth-order valence-corrected chi connectivity index (χ4v) is 3.29. The van der Waals surface area contributed by atoms with E-state index in [0.717, 1.165) is 43.2 Å². The minimum Gasteiger partial charge on any atom is -0.496 e. The van der Waals surface area contributed by atoms with Gasteiger partial charge in [0.2, 0.25) is 0 Å². The zero-order chi connectivity index (χ0) is 16.4. The van der Waals surface area contributed by atoms with E-state index in [1.807, 2.05) is 30.3 Å². The number of nitrogens with one attached hydrogen (secondary N) is 1. The van der Waals surface area contributed by atoms with Gasteiger partial charge in [0.25, 0.3) is 0 Å². The lowest BCUT2D eigenvalue weighted by molar-refractivity contribution is 0.238. The quantitative estimate of drug-likeness (QED) is 0.798. The van der Waals surface area contributed by atoms with E-state index in [1.54, 1.807) is 7.11 Å². The lowest BCUT2D eigenvalue weighted by Gasteiger charge is -2.26. The number of rotatable bonds is 4. The van der Waals surface area contributed by atoms with Crippen LogP contribution in [0.2, 0.25) is 0 Å². The molecule has 0 aliphatic carbocycles. The molecule has 2 aromatic carbocycles. The van der Waals surface area contributed by atoms with Gasteiger partial charge in [-0.1, -0.05) is 48.5 Å². The van der Waals surface area contributed by atoms with Crippen molar-refractivity contribution >= 4 is 0 Å². The Kier molecular flexibility index (Phi) is 4.05. The first-order valence-corrected chi connectivity index (χ1v) is 8.31. The number of methoxy groups -OCH3 is 1. The monoisotopic (exact) mass is 319 g/mol. The Hall–Kier alpha value is -2.59. The first kappa shape index (κ1) is 15.0. The summed E-state index contributed by atoms with van der Waals surface area (Å²) < 4.78 is 5.47. The molecule has 0 bridgehead atoms. The number of benzene rings is 2. The van der Waals surface area contributed by atoms with Gasteiger partial charge in [-0.25, -0.2) is 4.98 Å². The molecule has 0 saturated heterocycles. The fourth-order valence-electron chi connectivity index (χ4n) is 3.29. The highest BCUT2D eigenvalue weighted by molar-refractivity contribution is 5.55. The van der Waals surface area contributed by atoms with Crippen LogP contribution in [-0.4, -0.2) is 28.5 Å². The molecule has 0 saturated carbocycles. The maximum atomic E-state index is 5.47. The van der Waals surface area contributed by atoms with Crippen molar-refractivity contribution in [2.24, 2.45) is 0 Å². The van der Waals surface area contributed by atoms with E-state index in [1.165, 1.54) is 17.0 Å². The van der Waals surface area contributed by atoms with Crippen molar-refractivity contribution in [2.75, 3.05) is 13.7 Å². The molecule has 24 heavy (non-hydrogen) atoms. The van der Waals surface area contributed by atoms with Crippen molar-refractivity contribution in [3.8, 4) is 17.1 Å². The normalized spacial score (nSPS) is 14.4. The SMILES string of the molecule is COc1ccccc1CN1CCc2nc(-c3ccccc3)[nH]c2C1. The standard InChI is InChI=1S/C20H21N3O/c1-24-19-10-6-5-9-16(19)13-23-12-11-17-18(14-23)22-20(21-17)15-7-3-2-4-8-15/h2-10H,11-14H2,1H3,(H,21,22). The van der Waals surface area contributed by atoms with Crippen molar-refractivity contribution in [1.29, 1.82) is 0 Å². The number of ether oxygens (including phenoxy) is 1. The van der Waals surface area contributed by atoms with E-state index in [-0.39, 0.29) is 0 Å². The predicted molar refractivity (Wildman–Crippen MR) is 94.8 cm³/mol. The zero-order valence-corrected chi connectivity index (χ0v) is 13.8. The summed E-state index contributed by atoms with van der Waals surface area (Å²) in [5.41, 5.74) is 4.80. The number of hydrogen-bond donors (Lipinski definition) is 1. The average Bonchev–Trinajstić information content (AvgIpc) is 3.06. The Morgan fingerprint density at radius 3 is 2.71 bits per heavy atom. The summed E-state index contributed by atoms with van der Waals surface area (Å²) in [7, 11) is 1.73. The van der Waals surface area contributed by atoms with Crippen LogP contribution < -0.4 is 4.74 Å². The number of hydrogen-bond acceptors (Lipinski definition) is 3. The van der Waals surface area contributed by atoms with Crippen LogP contribution in [-0.2, 0) is 19.5 Å². The molecule has 0 spiro atoms. The van der Waals surface area contributed by atoms with Gasteiger partial charge in [0, 0.05) is 37.2 Å². The van der Waals surface area contributed by atoms with Crippen LogP contribution in [0.3, 0.4) is 0 Å². The lowest BCUT2D eigenvalue weighted by atomic mass is 10.1. The second-order valence-electron chi connectivity index (χ2n) is 6.15. The van der Waals surface area contributed by atoms with Crippen LogP contribution in [0.5, 0.6) is 5.75 Å². The predicted octanol–water partition coefficient (Wildman–Crippen LogP) is 3.64. The summed E-state index contributed by atoms with van der Waals surface area (Å²) in [5, 5.41) is 0. The molecule has 122 valence electrons. The number of aromatic amines is 1. The molecular weight excluding hydrogens is 298 g/mol. The topological polar surface area (TPSA) is 41.1 Å². The van der Waals surface area contributed by atoms with Gasteiger partial charge < -0.3 is 9.72 Å². The van der Waals surface area contributed by atoms with E-state index in [4.69, 9.17) is 9.72 Å². The fraction of sp³-hybridized carbons (Fsp3) is 0.250. The van der Waals surface area contributed by atoms with Crippen LogP contribution >= 0.6 is 0 Å². The van der Waals surface area contributed by atoms with Crippen molar-refractivity contribution < 1.29 is 4.74 Å². The molecule has 0 atom stereocenters. The molecule has 0 radical (unpaired) electrons. The number of H-pyrrole nitrogens is 1. The molecule has 1 aliphatic rings. The maximum absolute atomic E-state index is 5.47. The minimum atomic E-state index is 0.892. The number of aromatic nitrogens is 2. The summed E-state index contributed by atoms with van der Waals surface area (Å²) in [5.74, 6) is 1.93. The third-order valence-electron chi connectivity index (χ3n) is 4.54. The molecule has 1 aromatic heterocycles. The first-order chi connectivity index (χ1) is 11.8. The highest BCUT2D eigenvalue weighted by atomic mass is 16.5. The summed E-state index contributed by atoms with van der Waals surface area (Å²) in [6.07, 6.45) is 0.980. The molecule has 0 fully saturated rings. The molecule has 4 rings (SSSR count). The van der Waals surface area contributed by atoms with Gasteiger partial charge >= 0.3 is 0 Å². The van der Waals surface area contributed by atoms with Crippen LogP contribution in [0.1, 0.15) is 17.0 Å². The average molecular weight is 319 g/mol. The first-order valence-electron chi connectivity index (χ1n) is 8.31. The van der Waals surface area contributed by atoms with E-state index in [2.05, 4.69) is 34.1 Å². The van der Waals surface area contributed by atoms with E-state index in [0.29, 0.717) is 0 Å². The molecule has 0 amide bonds. The van der Waals surface area contributed by atoms with Crippen LogP contribution in [0, 0.1) is 0 Å². The van der Waals surface area contributed by atoms with Gasteiger partial charge in [-0.3, -0.25) is 4.90 Å². The zero-order valence-electron chi connectivity index (χ0n) is 13.8. The van der Waals surface area contributed by atoms with Crippen molar-refractivity contribution in [3.63, 3.8) is 0 Å². The Bertz CT molecular complexity index is 826. The Labute approximate surface area is 142 Å². The Morgan fingerprint density at radius 1 is 1.08 bits per heavy atom. The summed E-state index contributed by atoms with van der Waals surface area (Å²) in [4.78, 5) is 10.7. The number of fused-ring (bicyclic) bond motifs is 1. The smallest absolute Gasteiger partial charge is 0.137 e. The van der Waals surface area contributed by atoms with E-state index < -0.39 is 0 Å². The largest absolute Gasteiger partial charge is 0.496 e. The highest BCUT2D eigenvalue weighted by Crippen LogP contribution is 2.25. The second-order valence-corrected chi connectivity index (χ2v) is 6.15. The number of para-hydroxylation sites is 1. The van der Waals surface area contributed by atoms with Crippen LogP contribution in [0.4, 0.5) is 0 Å². The third kappa shape index (κ3) is 2.93. The van der Waals surface area contributed by atoms with Gasteiger partial charge in [0.15, 0.2) is 0 Å². The van der Waals surface area contributed by atoms with E-state index in [9.17, 15) is 0 Å². The third-order valence-corrected chi connectivity index (χ3v) is 4.54. The highest BCUT2D eigenvalue weighted by Gasteiger charge is 2.21. The molecular formula is C20H21N3O. The molecule has 3 aromatic rings. The van der Waals surface area contributed by atoms with Gasteiger partial charge in [0.1, 0.15) is 11.6 Å². The van der Waals surface area contributed by atoms with Gasteiger partial charge in [-0.2, -0.15) is 0 Å². The number of nitrogens with zero attached hydrogens (tertiary/aromatic N) is 2. The molecule has 1 N–H and O–H groups in total. The minimum absolute atomic E-state index is 0.892. The van der Waals surface area contributed by atoms with Crippen molar-refractivity contribution in [1.82, 2.24) is 14.9 Å². The summed E-state index contributed by atoms with van der Waals surface area (Å²) in [6, 6.07) is 18.5. The second kappa shape index (κ2) is 6.49. The van der Waals surface area contributed by atoms with Gasteiger partial charge in [-0.05, 0) is 6.07 Å². The molecule has 4 heteroatoms. The van der Waals surface area contributed by atoms with Crippen molar-refractivity contribution in [2.45, 2.75) is 19.5 Å². The Morgan fingerprint density at radius 2 is 1.88 bits per heavy atom. The van der Waals surface area contributed by atoms with Gasteiger partial charge in [0.05, 0.1) is 18.5 Å². The van der Waals surface area contributed by atoms with Crippen molar-refractivity contribution in [3.05, 3.63) is 71.5 Å². The van der Waals surface area contributed by atoms with Crippen LogP contribution in [0.15, 0.2) is 54.6 Å². The summed E-state index contributed by atoms with van der Waals surface area (Å²) in [6.45, 7) is 2.81. The number of imidazole rings is 1. The van der Waals surface area contributed by atoms with Crippen LogP contribution in [0.25, 0.3) is 11.4 Å². The molecule has 0 unspecified atom stereocenters. The molecule has 2 heterocycles. The maximum Gasteiger partial charge on any atom is 0.137 e. The Balaban J connectivity index is 1.53. The molecule has 1 aliphatic heterocycles. The van der Waals surface area contributed by atoms with Gasteiger partial charge in [-0.15, -0.1) is 0 Å². The molecule has 4 nitrogen and oxygen atoms in total. The lowest BCUT2D eigenvalue weighted by Crippen LogP contribution is -2.30. The summed E-state index contributed by atoms with van der Waals surface area (Å²) >= 11 is 0. The van der Waals surface area contributed by atoms with E-state index >= 15 is 0 Å².